The molecule has 1 aliphatic heterocycles. The number of hydrogen-bond acceptors (Lipinski definition) is 4. The third-order valence-corrected chi connectivity index (χ3v) is 6.08. The summed E-state index contributed by atoms with van der Waals surface area (Å²) in [6.07, 6.45) is 4.92. The van der Waals surface area contributed by atoms with Crippen molar-refractivity contribution >= 4 is 33.4 Å². The van der Waals surface area contributed by atoms with E-state index in [0.717, 1.165) is 28.1 Å². The molecule has 2 fully saturated rings. The first-order valence-electron chi connectivity index (χ1n) is 8.62. The highest BCUT2D eigenvalue weighted by Crippen LogP contribution is 2.29. The van der Waals surface area contributed by atoms with Crippen molar-refractivity contribution < 1.29 is 9.59 Å². The molecule has 126 valence electrons. The number of para-hydroxylation sites is 1. The Kier molecular flexibility index (Phi) is 4.22. The van der Waals surface area contributed by atoms with Crippen LogP contribution < -0.4 is 5.32 Å². The molecule has 2 heterocycles. The van der Waals surface area contributed by atoms with Crippen LogP contribution in [-0.4, -0.2) is 34.3 Å². The molecule has 1 saturated heterocycles. The Morgan fingerprint density at radius 2 is 2.08 bits per heavy atom. The molecule has 1 aliphatic carbocycles. The summed E-state index contributed by atoms with van der Waals surface area (Å²) < 4.78 is 1.13. The quantitative estimate of drug-likeness (QED) is 0.928. The van der Waals surface area contributed by atoms with E-state index in [9.17, 15) is 9.59 Å². The molecule has 1 aromatic carbocycles. The van der Waals surface area contributed by atoms with Crippen LogP contribution in [0, 0.1) is 5.92 Å². The van der Waals surface area contributed by atoms with Crippen LogP contribution in [0.5, 0.6) is 0 Å². The van der Waals surface area contributed by atoms with Gasteiger partial charge in [0.15, 0.2) is 0 Å². The SMILES string of the molecule is O=C(NCc1nc2ccccc2s1)C1CC(=O)N(C2CCCC2)C1. The fraction of sp³-hybridized carbons (Fsp3) is 0.500. The molecule has 1 saturated carbocycles. The Balaban J connectivity index is 1.35. The zero-order valence-corrected chi connectivity index (χ0v) is 14.3. The summed E-state index contributed by atoms with van der Waals surface area (Å²) in [4.78, 5) is 31.1. The summed E-state index contributed by atoms with van der Waals surface area (Å²) in [7, 11) is 0. The van der Waals surface area contributed by atoms with Gasteiger partial charge in [0, 0.05) is 19.0 Å². The Morgan fingerprint density at radius 3 is 2.88 bits per heavy atom. The van der Waals surface area contributed by atoms with Gasteiger partial charge in [0.2, 0.25) is 11.8 Å². The minimum absolute atomic E-state index is 0.0249. The smallest absolute Gasteiger partial charge is 0.225 e. The van der Waals surface area contributed by atoms with Gasteiger partial charge in [-0.2, -0.15) is 0 Å². The Hall–Kier alpha value is -1.95. The molecule has 0 radical (unpaired) electrons. The van der Waals surface area contributed by atoms with E-state index in [1.165, 1.54) is 12.8 Å². The average molecular weight is 343 g/mol. The van der Waals surface area contributed by atoms with Crippen molar-refractivity contribution in [2.24, 2.45) is 5.92 Å². The average Bonchev–Trinajstić information content (AvgIpc) is 3.30. The molecule has 4 rings (SSSR count). The van der Waals surface area contributed by atoms with E-state index < -0.39 is 0 Å². The molecule has 1 atom stereocenters. The van der Waals surface area contributed by atoms with Gasteiger partial charge >= 0.3 is 0 Å². The van der Waals surface area contributed by atoms with Crippen molar-refractivity contribution in [1.82, 2.24) is 15.2 Å². The second-order valence-corrected chi connectivity index (χ2v) is 7.79. The highest BCUT2D eigenvalue weighted by Gasteiger charge is 2.38. The molecule has 6 heteroatoms. The summed E-state index contributed by atoms with van der Waals surface area (Å²) in [5.74, 6) is -0.0994. The summed E-state index contributed by atoms with van der Waals surface area (Å²) >= 11 is 1.60. The van der Waals surface area contributed by atoms with Gasteiger partial charge in [-0.1, -0.05) is 25.0 Å². The highest BCUT2D eigenvalue weighted by atomic mass is 32.1. The van der Waals surface area contributed by atoms with Crippen LogP contribution in [0.3, 0.4) is 0 Å². The van der Waals surface area contributed by atoms with Crippen molar-refractivity contribution in [2.45, 2.75) is 44.7 Å². The fourth-order valence-corrected chi connectivity index (χ4v) is 4.69. The van der Waals surface area contributed by atoms with Gasteiger partial charge in [0.1, 0.15) is 5.01 Å². The lowest BCUT2D eigenvalue weighted by Gasteiger charge is -2.23. The van der Waals surface area contributed by atoms with Crippen LogP contribution in [0.2, 0.25) is 0 Å². The molecule has 0 bridgehead atoms. The number of likely N-dealkylation sites (tertiary alicyclic amines) is 1. The predicted octanol–water partition coefficient (Wildman–Crippen LogP) is 2.70. The van der Waals surface area contributed by atoms with Crippen molar-refractivity contribution in [3.8, 4) is 0 Å². The number of aromatic nitrogens is 1. The van der Waals surface area contributed by atoms with E-state index >= 15 is 0 Å². The van der Waals surface area contributed by atoms with E-state index in [1.54, 1.807) is 11.3 Å². The van der Waals surface area contributed by atoms with Gasteiger partial charge in [-0.25, -0.2) is 4.98 Å². The summed E-state index contributed by atoms with van der Waals surface area (Å²) in [6.45, 7) is 1.02. The molecule has 24 heavy (non-hydrogen) atoms. The largest absolute Gasteiger partial charge is 0.349 e. The Bertz CT molecular complexity index is 733. The van der Waals surface area contributed by atoms with Crippen LogP contribution in [-0.2, 0) is 16.1 Å². The molecule has 5 nitrogen and oxygen atoms in total. The van der Waals surface area contributed by atoms with E-state index in [4.69, 9.17) is 0 Å². The highest BCUT2D eigenvalue weighted by molar-refractivity contribution is 7.18. The summed E-state index contributed by atoms with van der Waals surface area (Å²) in [6, 6.07) is 8.33. The van der Waals surface area contributed by atoms with Crippen LogP contribution >= 0.6 is 11.3 Å². The van der Waals surface area contributed by atoms with Gasteiger partial charge in [-0.05, 0) is 25.0 Å². The third kappa shape index (κ3) is 3.02. The lowest BCUT2D eigenvalue weighted by Crippen LogP contribution is -2.36. The number of amides is 2. The number of carbonyl (C=O) groups is 2. The maximum absolute atomic E-state index is 12.4. The molecule has 1 unspecified atom stereocenters. The Labute approximate surface area is 145 Å². The number of fused-ring (bicyclic) bond motifs is 1. The topological polar surface area (TPSA) is 62.3 Å². The Morgan fingerprint density at radius 1 is 1.29 bits per heavy atom. The maximum atomic E-state index is 12.4. The maximum Gasteiger partial charge on any atom is 0.225 e. The standard InChI is InChI=1S/C18H21N3O2S/c22-17-9-12(11-21(17)13-5-1-2-6-13)18(23)19-10-16-20-14-7-3-4-8-15(14)24-16/h3-4,7-8,12-13H,1-2,5-6,9-11H2,(H,19,23). The zero-order chi connectivity index (χ0) is 16.5. The van der Waals surface area contributed by atoms with Gasteiger partial charge < -0.3 is 10.2 Å². The number of benzene rings is 1. The minimum atomic E-state index is -0.215. The van der Waals surface area contributed by atoms with Crippen LogP contribution in [0.25, 0.3) is 10.2 Å². The molecular weight excluding hydrogens is 322 g/mol. The van der Waals surface area contributed by atoms with Gasteiger partial charge in [-0.15, -0.1) is 11.3 Å². The summed E-state index contributed by atoms with van der Waals surface area (Å²) in [5.41, 5.74) is 0.968. The van der Waals surface area contributed by atoms with E-state index in [-0.39, 0.29) is 17.7 Å². The molecule has 2 aliphatic rings. The van der Waals surface area contributed by atoms with Gasteiger partial charge in [0.25, 0.3) is 0 Å². The number of nitrogens with one attached hydrogen (secondary N) is 1. The second-order valence-electron chi connectivity index (χ2n) is 6.68. The van der Waals surface area contributed by atoms with Gasteiger partial charge in [0.05, 0.1) is 22.7 Å². The fourth-order valence-electron chi connectivity index (χ4n) is 3.78. The lowest BCUT2D eigenvalue weighted by atomic mass is 10.1. The normalized spacial score (nSPS) is 21.8. The van der Waals surface area contributed by atoms with E-state index in [2.05, 4.69) is 10.3 Å². The van der Waals surface area contributed by atoms with Gasteiger partial charge in [-0.3, -0.25) is 9.59 Å². The van der Waals surface area contributed by atoms with Crippen LogP contribution in [0.15, 0.2) is 24.3 Å². The predicted molar refractivity (Wildman–Crippen MR) is 93.5 cm³/mol. The molecule has 2 aromatic rings. The minimum Gasteiger partial charge on any atom is -0.349 e. The van der Waals surface area contributed by atoms with E-state index in [1.807, 2.05) is 29.2 Å². The number of hydrogen-bond donors (Lipinski definition) is 1. The molecule has 2 amide bonds. The van der Waals surface area contributed by atoms with E-state index in [0.29, 0.717) is 25.6 Å². The second kappa shape index (κ2) is 6.51. The van der Waals surface area contributed by atoms with Crippen molar-refractivity contribution in [1.29, 1.82) is 0 Å². The van der Waals surface area contributed by atoms with Crippen molar-refractivity contribution in [3.05, 3.63) is 29.3 Å². The zero-order valence-electron chi connectivity index (χ0n) is 13.5. The first-order valence-corrected chi connectivity index (χ1v) is 9.44. The molecule has 1 N–H and O–H groups in total. The number of rotatable bonds is 4. The number of thiazole rings is 1. The summed E-state index contributed by atoms with van der Waals surface area (Å²) in [5, 5.41) is 3.87. The molecule has 0 spiro atoms. The van der Waals surface area contributed by atoms with Crippen LogP contribution in [0.4, 0.5) is 0 Å². The van der Waals surface area contributed by atoms with Crippen molar-refractivity contribution in [3.63, 3.8) is 0 Å². The first kappa shape index (κ1) is 15.6. The molecular formula is C18H21N3O2S. The van der Waals surface area contributed by atoms with Crippen LogP contribution in [0.1, 0.15) is 37.1 Å². The number of nitrogens with zero attached hydrogens (tertiary/aromatic N) is 2. The lowest BCUT2D eigenvalue weighted by molar-refractivity contribution is -0.130. The number of carbonyl (C=O) groups excluding carboxylic acids is 2. The van der Waals surface area contributed by atoms with Crippen molar-refractivity contribution in [2.75, 3.05) is 6.54 Å². The molecule has 1 aromatic heterocycles. The monoisotopic (exact) mass is 343 g/mol. The first-order chi connectivity index (χ1) is 11.7. The third-order valence-electron chi connectivity index (χ3n) is 5.05.